The number of aryl methyl sites for hydroxylation is 1. The van der Waals surface area contributed by atoms with E-state index in [9.17, 15) is 0 Å². The molecule has 0 aromatic carbocycles. The van der Waals surface area contributed by atoms with Crippen molar-refractivity contribution in [3.05, 3.63) is 18.0 Å². The normalized spacial score (nSPS) is 12.9. The van der Waals surface area contributed by atoms with Gasteiger partial charge in [0.2, 0.25) is 0 Å². The Kier molecular flexibility index (Phi) is 6.16. The second kappa shape index (κ2) is 7.44. The Morgan fingerprint density at radius 3 is 2.81 bits per heavy atom. The van der Waals surface area contributed by atoms with E-state index in [0.717, 1.165) is 6.54 Å². The van der Waals surface area contributed by atoms with Crippen LogP contribution < -0.4 is 5.32 Å². The molecule has 0 saturated carbocycles. The van der Waals surface area contributed by atoms with Crippen molar-refractivity contribution in [3.8, 4) is 0 Å². The highest BCUT2D eigenvalue weighted by Crippen LogP contribution is 2.06. The Labute approximate surface area is 99.2 Å². The van der Waals surface area contributed by atoms with E-state index in [1.807, 2.05) is 17.9 Å². The molecule has 0 aliphatic heterocycles. The van der Waals surface area contributed by atoms with Crippen LogP contribution in [0, 0.1) is 0 Å². The molecule has 0 amide bonds. The summed E-state index contributed by atoms with van der Waals surface area (Å²) in [7, 11) is 1.96. The molecule has 1 atom stereocenters. The lowest BCUT2D eigenvalue weighted by Gasteiger charge is -2.12. The van der Waals surface area contributed by atoms with E-state index in [1.165, 1.54) is 37.7 Å². The molecule has 0 fully saturated rings. The van der Waals surface area contributed by atoms with Crippen LogP contribution in [0.15, 0.2) is 12.4 Å². The maximum absolute atomic E-state index is 4.16. The van der Waals surface area contributed by atoms with Crippen LogP contribution in [-0.2, 0) is 13.6 Å². The average molecular weight is 223 g/mol. The number of nitrogens with one attached hydrogen (secondary N) is 1. The summed E-state index contributed by atoms with van der Waals surface area (Å²) in [4.78, 5) is 0. The van der Waals surface area contributed by atoms with Gasteiger partial charge in [-0.05, 0) is 13.3 Å². The summed E-state index contributed by atoms with van der Waals surface area (Å²) in [5, 5.41) is 7.69. The largest absolute Gasteiger partial charge is 0.310 e. The molecule has 0 radical (unpaired) electrons. The van der Waals surface area contributed by atoms with Crippen LogP contribution in [0.4, 0.5) is 0 Å². The van der Waals surface area contributed by atoms with E-state index in [1.54, 1.807) is 0 Å². The van der Waals surface area contributed by atoms with Crippen LogP contribution in [0.25, 0.3) is 0 Å². The summed E-state index contributed by atoms with van der Waals surface area (Å²) >= 11 is 0. The van der Waals surface area contributed by atoms with Gasteiger partial charge in [0.15, 0.2) is 0 Å². The topological polar surface area (TPSA) is 29.9 Å². The lowest BCUT2D eigenvalue weighted by atomic mass is 10.1. The predicted octanol–water partition coefficient (Wildman–Crippen LogP) is 2.87. The molecule has 1 rings (SSSR count). The number of nitrogens with zero attached hydrogens (tertiary/aromatic N) is 2. The van der Waals surface area contributed by atoms with Crippen molar-refractivity contribution in [1.82, 2.24) is 15.1 Å². The van der Waals surface area contributed by atoms with Crippen LogP contribution in [0.1, 0.15) is 51.5 Å². The third-order valence-electron chi connectivity index (χ3n) is 2.90. The molecule has 1 N–H and O–H groups in total. The zero-order valence-corrected chi connectivity index (χ0v) is 10.9. The second-order valence-electron chi connectivity index (χ2n) is 4.65. The van der Waals surface area contributed by atoms with Gasteiger partial charge in [-0.25, -0.2) is 0 Å². The van der Waals surface area contributed by atoms with E-state index in [4.69, 9.17) is 0 Å². The zero-order chi connectivity index (χ0) is 11.8. The number of unbranched alkanes of at least 4 members (excludes halogenated alkanes) is 3. The van der Waals surface area contributed by atoms with Gasteiger partial charge < -0.3 is 5.32 Å². The molecule has 0 bridgehead atoms. The predicted molar refractivity (Wildman–Crippen MR) is 68.3 cm³/mol. The fourth-order valence-electron chi connectivity index (χ4n) is 1.83. The summed E-state index contributed by atoms with van der Waals surface area (Å²) in [6, 6.07) is 0.608. The molecule has 92 valence electrons. The molecule has 3 nitrogen and oxygen atoms in total. The number of rotatable bonds is 8. The lowest BCUT2D eigenvalue weighted by molar-refractivity contribution is 0.482. The molecule has 1 heterocycles. The van der Waals surface area contributed by atoms with Gasteiger partial charge in [-0.2, -0.15) is 5.10 Å². The minimum atomic E-state index is 0.608. The first kappa shape index (κ1) is 13.2. The van der Waals surface area contributed by atoms with Gasteiger partial charge >= 0.3 is 0 Å². The number of aromatic nitrogens is 2. The Morgan fingerprint density at radius 1 is 1.38 bits per heavy atom. The minimum Gasteiger partial charge on any atom is -0.310 e. The third kappa shape index (κ3) is 5.31. The maximum Gasteiger partial charge on any atom is 0.0534 e. The van der Waals surface area contributed by atoms with E-state index in [0.29, 0.717) is 6.04 Å². The molecule has 0 spiro atoms. The molecule has 3 heteroatoms. The van der Waals surface area contributed by atoms with Crippen LogP contribution >= 0.6 is 0 Å². The standard InChI is InChI=1S/C13H25N3/c1-4-5-6-7-8-12(2)14-9-13-10-15-16(3)11-13/h10-12,14H,4-9H2,1-3H3. The maximum atomic E-state index is 4.16. The molecule has 0 aliphatic carbocycles. The second-order valence-corrected chi connectivity index (χ2v) is 4.65. The van der Waals surface area contributed by atoms with Gasteiger partial charge in [0, 0.05) is 31.4 Å². The molecular weight excluding hydrogens is 198 g/mol. The van der Waals surface area contributed by atoms with Gasteiger partial charge in [-0.1, -0.05) is 32.6 Å². The van der Waals surface area contributed by atoms with Crippen LogP contribution in [-0.4, -0.2) is 15.8 Å². The smallest absolute Gasteiger partial charge is 0.0534 e. The minimum absolute atomic E-state index is 0.608. The average Bonchev–Trinajstić information content (AvgIpc) is 2.68. The van der Waals surface area contributed by atoms with Crippen LogP contribution in [0.5, 0.6) is 0 Å². The summed E-state index contributed by atoms with van der Waals surface area (Å²) in [5.74, 6) is 0. The van der Waals surface area contributed by atoms with Crippen molar-refractivity contribution in [2.24, 2.45) is 7.05 Å². The molecule has 0 saturated heterocycles. The van der Waals surface area contributed by atoms with Crippen molar-refractivity contribution in [2.45, 2.75) is 58.5 Å². The molecular formula is C13H25N3. The highest BCUT2D eigenvalue weighted by molar-refractivity contribution is 5.02. The van der Waals surface area contributed by atoms with Gasteiger partial charge in [0.1, 0.15) is 0 Å². The Hall–Kier alpha value is -0.830. The van der Waals surface area contributed by atoms with Crippen LogP contribution in [0.3, 0.4) is 0 Å². The van der Waals surface area contributed by atoms with Crippen molar-refractivity contribution in [1.29, 1.82) is 0 Å². The first-order valence-electron chi connectivity index (χ1n) is 6.43. The molecule has 1 aromatic rings. The van der Waals surface area contributed by atoms with E-state index >= 15 is 0 Å². The molecule has 16 heavy (non-hydrogen) atoms. The fraction of sp³-hybridized carbons (Fsp3) is 0.769. The summed E-state index contributed by atoms with van der Waals surface area (Å²) < 4.78 is 1.85. The van der Waals surface area contributed by atoms with Crippen molar-refractivity contribution < 1.29 is 0 Å². The van der Waals surface area contributed by atoms with E-state index < -0.39 is 0 Å². The van der Waals surface area contributed by atoms with Gasteiger partial charge in [0.05, 0.1) is 6.20 Å². The van der Waals surface area contributed by atoms with Crippen molar-refractivity contribution >= 4 is 0 Å². The monoisotopic (exact) mass is 223 g/mol. The quantitative estimate of drug-likeness (QED) is 0.687. The lowest BCUT2D eigenvalue weighted by Crippen LogP contribution is -2.25. The molecule has 1 unspecified atom stereocenters. The van der Waals surface area contributed by atoms with Gasteiger partial charge in [-0.15, -0.1) is 0 Å². The van der Waals surface area contributed by atoms with Crippen molar-refractivity contribution in [3.63, 3.8) is 0 Å². The van der Waals surface area contributed by atoms with Crippen LogP contribution in [0.2, 0.25) is 0 Å². The molecule has 0 aliphatic rings. The van der Waals surface area contributed by atoms with E-state index in [-0.39, 0.29) is 0 Å². The summed E-state index contributed by atoms with van der Waals surface area (Å²) in [6.45, 7) is 5.45. The third-order valence-corrected chi connectivity index (χ3v) is 2.90. The van der Waals surface area contributed by atoms with Gasteiger partial charge in [-0.3, -0.25) is 4.68 Å². The first-order valence-corrected chi connectivity index (χ1v) is 6.43. The van der Waals surface area contributed by atoms with E-state index in [2.05, 4.69) is 30.5 Å². The fourth-order valence-corrected chi connectivity index (χ4v) is 1.83. The number of hydrogen-bond acceptors (Lipinski definition) is 2. The highest BCUT2D eigenvalue weighted by Gasteiger charge is 2.02. The Balaban J connectivity index is 2.08. The Bertz CT molecular complexity index is 280. The SMILES string of the molecule is CCCCCCC(C)NCc1cnn(C)c1. The Morgan fingerprint density at radius 2 is 2.19 bits per heavy atom. The summed E-state index contributed by atoms with van der Waals surface area (Å²) in [5.41, 5.74) is 1.27. The number of hydrogen-bond donors (Lipinski definition) is 1. The summed E-state index contributed by atoms with van der Waals surface area (Å²) in [6.07, 6.45) is 10.7. The molecule has 1 aromatic heterocycles. The van der Waals surface area contributed by atoms with Crippen molar-refractivity contribution in [2.75, 3.05) is 0 Å². The zero-order valence-electron chi connectivity index (χ0n) is 10.9. The highest BCUT2D eigenvalue weighted by atomic mass is 15.2. The van der Waals surface area contributed by atoms with Gasteiger partial charge in [0.25, 0.3) is 0 Å². The first-order chi connectivity index (χ1) is 7.72.